The monoisotopic (exact) mass is 620 g/mol. The summed E-state index contributed by atoms with van der Waals surface area (Å²) in [5.41, 5.74) is 2.32. The molecule has 0 nitrogen and oxygen atoms in total. The Hall–Kier alpha value is 1.68. The van der Waals surface area contributed by atoms with Crippen LogP contribution >= 0.6 is 17.0 Å². The second kappa shape index (κ2) is 16.7. The second-order valence-corrected chi connectivity index (χ2v) is 22.0. The third kappa shape index (κ3) is 8.34. The Bertz CT molecular complexity index is 570. The number of halogens is 2. The summed E-state index contributed by atoms with van der Waals surface area (Å²) in [6, 6.07) is 0. The Kier molecular flexibility index (Phi) is 16.6. The Balaban J connectivity index is 0.00000117. The van der Waals surface area contributed by atoms with Crippen molar-refractivity contribution < 1.29 is 20.8 Å². The van der Waals surface area contributed by atoms with Gasteiger partial charge in [0.05, 0.1) is 8.07 Å². The van der Waals surface area contributed by atoms with Gasteiger partial charge in [-0.15, -0.1) is 0 Å². The summed E-state index contributed by atoms with van der Waals surface area (Å²) in [5, 5.41) is 0. The molecule has 0 aromatic carbocycles. The van der Waals surface area contributed by atoms with Crippen LogP contribution in [0.1, 0.15) is 117 Å². The SMILES string of the molecule is CCCCC(CC)CC1CC([Si](C)(C)C2CC(C)C3CCCCC32)C2CCCCC12.[CH3-].[CH3-].[Cl][Zr+2][Cl]. The van der Waals surface area contributed by atoms with Gasteiger partial charge in [-0.05, 0) is 84.6 Å². The predicted molar refractivity (Wildman–Crippen MR) is 160 cm³/mol. The van der Waals surface area contributed by atoms with Gasteiger partial charge in [0.25, 0.3) is 0 Å². The Morgan fingerprint density at radius 3 is 1.83 bits per heavy atom. The first-order valence-corrected chi connectivity index (χ1v) is 24.3. The van der Waals surface area contributed by atoms with Gasteiger partial charge < -0.3 is 14.9 Å². The van der Waals surface area contributed by atoms with Crippen LogP contribution in [0.3, 0.4) is 0 Å². The van der Waals surface area contributed by atoms with Gasteiger partial charge in [0.15, 0.2) is 0 Å². The van der Waals surface area contributed by atoms with E-state index >= 15 is 0 Å². The minimum absolute atomic E-state index is 0. The topological polar surface area (TPSA) is 0 Å². The van der Waals surface area contributed by atoms with Crippen molar-refractivity contribution in [2.45, 2.75) is 141 Å². The molecule has 0 aliphatic heterocycles. The fraction of sp³-hybridized carbons (Fsp3) is 0.935. The van der Waals surface area contributed by atoms with E-state index in [9.17, 15) is 0 Å². The molecule has 0 aromatic rings. The summed E-state index contributed by atoms with van der Waals surface area (Å²) in [6.07, 6.45) is 23.2. The van der Waals surface area contributed by atoms with E-state index in [1.807, 2.05) is 0 Å². The Morgan fingerprint density at radius 1 is 0.800 bits per heavy atom. The molecule has 0 radical (unpaired) electrons. The molecule has 4 rings (SSSR count). The third-order valence-electron chi connectivity index (χ3n) is 11.4. The molecule has 0 spiro atoms. The van der Waals surface area contributed by atoms with Gasteiger partial charge in [-0.2, -0.15) is 0 Å². The summed E-state index contributed by atoms with van der Waals surface area (Å²) in [4.78, 5) is 0. The van der Waals surface area contributed by atoms with E-state index in [1.165, 1.54) is 32.1 Å². The van der Waals surface area contributed by atoms with E-state index in [0.717, 1.165) is 52.5 Å². The summed E-state index contributed by atoms with van der Waals surface area (Å²) >= 11 is -0.826. The van der Waals surface area contributed by atoms with E-state index in [1.54, 1.807) is 64.2 Å². The number of hydrogen-bond donors (Lipinski definition) is 0. The zero-order valence-electron chi connectivity index (χ0n) is 24.6. The number of hydrogen-bond acceptors (Lipinski definition) is 0. The van der Waals surface area contributed by atoms with E-state index in [4.69, 9.17) is 17.0 Å². The molecule has 4 aliphatic carbocycles. The van der Waals surface area contributed by atoms with Gasteiger partial charge in [0.1, 0.15) is 0 Å². The molecule has 206 valence electrons. The van der Waals surface area contributed by atoms with E-state index < -0.39 is 28.9 Å². The molecule has 0 N–H and O–H groups in total. The normalized spacial score (nSPS) is 36.9. The van der Waals surface area contributed by atoms with Crippen molar-refractivity contribution in [3.8, 4) is 0 Å². The summed E-state index contributed by atoms with van der Waals surface area (Å²) in [7, 11) is 8.64. The zero-order chi connectivity index (χ0) is 24.0. The van der Waals surface area contributed by atoms with Gasteiger partial charge in [0.2, 0.25) is 0 Å². The van der Waals surface area contributed by atoms with Gasteiger partial charge in [-0.1, -0.05) is 98.1 Å². The molecule has 0 aromatic heterocycles. The molecule has 0 amide bonds. The molecule has 9 unspecified atom stereocenters. The second-order valence-electron chi connectivity index (χ2n) is 13.2. The molecule has 4 aliphatic rings. The fourth-order valence-electron chi connectivity index (χ4n) is 9.76. The van der Waals surface area contributed by atoms with Crippen molar-refractivity contribution in [3.63, 3.8) is 0 Å². The fourth-order valence-corrected chi connectivity index (χ4v) is 15.2. The van der Waals surface area contributed by atoms with Crippen LogP contribution in [0.2, 0.25) is 24.2 Å². The first-order valence-electron chi connectivity index (χ1n) is 14.8. The van der Waals surface area contributed by atoms with E-state index in [0.29, 0.717) is 0 Å². The maximum atomic E-state index is 4.93. The average Bonchev–Trinajstić information content (AvgIpc) is 3.36. The molecule has 0 saturated heterocycles. The number of fused-ring (bicyclic) bond motifs is 2. The molecule has 4 saturated carbocycles. The van der Waals surface area contributed by atoms with Crippen molar-refractivity contribution in [2.75, 3.05) is 0 Å². The van der Waals surface area contributed by atoms with Gasteiger partial charge in [-0.3, -0.25) is 0 Å². The summed E-state index contributed by atoms with van der Waals surface area (Å²) in [6.45, 7) is 13.3. The van der Waals surface area contributed by atoms with Gasteiger partial charge >= 0.3 is 37.9 Å². The van der Waals surface area contributed by atoms with Crippen LogP contribution in [-0.4, -0.2) is 8.07 Å². The molecule has 4 heteroatoms. The molecular formula is C31H60Cl2SiZr. The number of rotatable bonds is 8. The van der Waals surface area contributed by atoms with Crippen LogP contribution < -0.4 is 0 Å². The van der Waals surface area contributed by atoms with Crippen molar-refractivity contribution in [2.24, 2.45) is 41.4 Å². The Morgan fingerprint density at radius 2 is 1.29 bits per heavy atom. The van der Waals surface area contributed by atoms with E-state index in [-0.39, 0.29) is 14.9 Å². The van der Waals surface area contributed by atoms with Gasteiger partial charge in [0, 0.05) is 0 Å². The maximum absolute atomic E-state index is 4.93. The molecule has 0 heterocycles. The van der Waals surface area contributed by atoms with Crippen LogP contribution in [0, 0.1) is 56.3 Å². The molecule has 4 fully saturated rings. The first-order chi connectivity index (χ1) is 15.9. The van der Waals surface area contributed by atoms with E-state index in [2.05, 4.69) is 33.9 Å². The van der Waals surface area contributed by atoms with Crippen molar-refractivity contribution >= 4 is 25.1 Å². The van der Waals surface area contributed by atoms with Crippen LogP contribution in [0.5, 0.6) is 0 Å². The quantitative estimate of drug-likeness (QED) is 0.187. The van der Waals surface area contributed by atoms with Crippen LogP contribution in [-0.2, 0) is 20.8 Å². The van der Waals surface area contributed by atoms with Crippen LogP contribution in [0.4, 0.5) is 0 Å². The zero-order valence-corrected chi connectivity index (χ0v) is 29.5. The molecular weight excluding hydrogens is 563 g/mol. The van der Waals surface area contributed by atoms with Crippen molar-refractivity contribution in [3.05, 3.63) is 14.9 Å². The van der Waals surface area contributed by atoms with Crippen molar-refractivity contribution in [1.82, 2.24) is 0 Å². The van der Waals surface area contributed by atoms with Crippen LogP contribution in [0.25, 0.3) is 0 Å². The average molecular weight is 623 g/mol. The molecule has 9 atom stereocenters. The number of unbranched alkanes of at least 4 members (excludes halogenated alkanes) is 1. The summed E-state index contributed by atoms with van der Waals surface area (Å²) in [5.74, 6) is 7.63. The third-order valence-corrected chi connectivity index (χ3v) is 16.5. The minimum atomic E-state index is -1.22. The summed E-state index contributed by atoms with van der Waals surface area (Å²) < 4.78 is 0. The van der Waals surface area contributed by atoms with Crippen LogP contribution in [0.15, 0.2) is 0 Å². The molecule has 0 bridgehead atoms. The standard InChI is InChI=1S/C29H54Si.2CH3.2ClH.Zr/c1-6-8-13-22(7-2)19-23-20-29(27-17-12-10-15-25(23)27)30(4,5)28-18-21(3)24-14-9-11-16-26(24)28;;;;;/h21-29H,6-20H2,1-5H3;2*1H3;2*1H;/q;2*-1;;;+4/p-2. The van der Waals surface area contributed by atoms with Gasteiger partial charge in [-0.25, -0.2) is 0 Å². The predicted octanol–water partition coefficient (Wildman–Crippen LogP) is 12.0. The molecule has 35 heavy (non-hydrogen) atoms. The van der Waals surface area contributed by atoms with Crippen molar-refractivity contribution in [1.29, 1.82) is 0 Å². The first kappa shape index (κ1) is 34.7. The Labute approximate surface area is 241 Å².